The molecule has 0 saturated heterocycles. The van der Waals surface area contributed by atoms with E-state index in [1.807, 2.05) is 0 Å². The van der Waals surface area contributed by atoms with E-state index in [1.165, 1.54) is 6.07 Å². The standard InChI is InChI=1S/C17H20N10O5S2/c18-6-8(28)7-21-34(31,32)12-5-4-9(10-2-1-3-11-14(10)23-17(19)22-11)13(15(12)33(20,29)30)16-24-26-27-25-16/h1-5,8,21,28H,6-7,18H2,(H3,19,22,23)(H2,20,29,30)(H,24,25,26,27). The molecule has 180 valence electrons. The highest BCUT2D eigenvalue weighted by molar-refractivity contribution is 7.92. The fraction of sp³-hybridized carbons (Fsp3) is 0.176. The molecular formula is C17H20N10O5S2. The average Bonchev–Trinajstić information content (AvgIpc) is 3.44. The first-order chi connectivity index (χ1) is 16.0. The van der Waals surface area contributed by atoms with E-state index in [9.17, 15) is 21.9 Å². The molecule has 4 rings (SSSR count). The van der Waals surface area contributed by atoms with Gasteiger partial charge in [-0.25, -0.2) is 31.7 Å². The Hall–Kier alpha value is -3.48. The monoisotopic (exact) mass is 508 g/mol. The van der Waals surface area contributed by atoms with Gasteiger partial charge in [-0.2, -0.15) is 5.21 Å². The van der Waals surface area contributed by atoms with Gasteiger partial charge in [0.25, 0.3) is 0 Å². The molecule has 34 heavy (non-hydrogen) atoms. The number of H-pyrrole nitrogens is 2. The Labute approximate surface area is 192 Å². The van der Waals surface area contributed by atoms with Gasteiger partial charge in [-0.15, -0.1) is 10.2 Å². The molecule has 2 aromatic carbocycles. The molecule has 15 nitrogen and oxygen atoms in total. The maximum absolute atomic E-state index is 13.0. The number of aliphatic hydroxyl groups excluding tert-OH is 1. The minimum absolute atomic E-state index is 0.122. The molecule has 10 N–H and O–H groups in total. The summed E-state index contributed by atoms with van der Waals surface area (Å²) < 4.78 is 53.7. The van der Waals surface area contributed by atoms with Crippen LogP contribution in [0.4, 0.5) is 5.95 Å². The summed E-state index contributed by atoms with van der Waals surface area (Å²) >= 11 is 0. The van der Waals surface area contributed by atoms with Crippen LogP contribution in [-0.2, 0) is 20.0 Å². The number of anilines is 1. The summed E-state index contributed by atoms with van der Waals surface area (Å²) in [5.74, 6) is -0.101. The van der Waals surface area contributed by atoms with Crippen molar-refractivity contribution in [2.45, 2.75) is 15.9 Å². The lowest BCUT2D eigenvalue weighted by Gasteiger charge is -2.17. The molecule has 2 aromatic heterocycles. The molecule has 0 aliphatic heterocycles. The smallest absolute Gasteiger partial charge is 0.242 e. The van der Waals surface area contributed by atoms with Gasteiger partial charge in [0.15, 0.2) is 5.95 Å². The van der Waals surface area contributed by atoms with Crippen LogP contribution in [0, 0.1) is 0 Å². The van der Waals surface area contributed by atoms with Gasteiger partial charge in [0, 0.05) is 18.7 Å². The largest absolute Gasteiger partial charge is 0.390 e. The summed E-state index contributed by atoms with van der Waals surface area (Å²) in [6, 6.07) is 7.46. The zero-order valence-corrected chi connectivity index (χ0v) is 18.9. The first-order valence-electron chi connectivity index (χ1n) is 9.59. The number of fused-ring (bicyclic) bond motifs is 1. The Balaban J connectivity index is 2.06. The Morgan fingerprint density at radius 3 is 2.53 bits per heavy atom. The van der Waals surface area contributed by atoms with Crippen molar-refractivity contribution in [3.63, 3.8) is 0 Å². The number of primary sulfonamides is 1. The number of rotatable bonds is 8. The van der Waals surface area contributed by atoms with Crippen LogP contribution in [0.15, 0.2) is 40.1 Å². The van der Waals surface area contributed by atoms with Gasteiger partial charge in [-0.1, -0.05) is 18.2 Å². The zero-order valence-electron chi connectivity index (χ0n) is 17.3. The number of imidazole rings is 1. The number of nitrogen functional groups attached to an aromatic ring is 1. The lowest BCUT2D eigenvalue weighted by Crippen LogP contribution is -2.36. The lowest BCUT2D eigenvalue weighted by molar-refractivity contribution is 0.186. The van der Waals surface area contributed by atoms with Gasteiger partial charge in [0.05, 0.1) is 22.7 Å². The van der Waals surface area contributed by atoms with Crippen molar-refractivity contribution in [3.05, 3.63) is 30.3 Å². The van der Waals surface area contributed by atoms with Gasteiger partial charge in [-0.05, 0) is 22.9 Å². The number of benzene rings is 2. The highest BCUT2D eigenvalue weighted by atomic mass is 32.2. The number of nitrogens with two attached hydrogens (primary N) is 3. The number of sulfonamides is 2. The predicted molar refractivity (Wildman–Crippen MR) is 121 cm³/mol. The molecule has 0 aliphatic carbocycles. The molecule has 1 unspecified atom stereocenters. The number of nitrogens with zero attached hydrogens (tertiary/aromatic N) is 4. The molecular weight excluding hydrogens is 488 g/mol. The SMILES string of the molecule is NCC(O)CNS(=O)(=O)c1ccc(-c2cccc3[nH]c(N)nc23)c(-c2nn[nH]n2)c1S(N)(=O)=O. The van der Waals surface area contributed by atoms with E-state index in [2.05, 4.69) is 35.3 Å². The van der Waals surface area contributed by atoms with Crippen molar-refractivity contribution in [3.8, 4) is 22.5 Å². The molecule has 0 bridgehead atoms. The molecule has 0 saturated carbocycles. The van der Waals surface area contributed by atoms with Crippen LogP contribution in [0.2, 0.25) is 0 Å². The third-order valence-corrected chi connectivity index (χ3v) is 7.46. The molecule has 0 spiro atoms. The first kappa shape index (κ1) is 23.7. The summed E-state index contributed by atoms with van der Waals surface area (Å²) in [7, 11) is -9.16. The van der Waals surface area contributed by atoms with E-state index in [0.717, 1.165) is 6.07 Å². The van der Waals surface area contributed by atoms with Crippen molar-refractivity contribution in [2.75, 3.05) is 18.8 Å². The zero-order chi connectivity index (χ0) is 24.7. The molecule has 0 amide bonds. The number of hydrogen-bond donors (Lipinski definition) is 7. The van der Waals surface area contributed by atoms with Crippen molar-refractivity contribution < 1.29 is 21.9 Å². The van der Waals surface area contributed by atoms with E-state index in [1.54, 1.807) is 18.2 Å². The minimum atomic E-state index is -4.68. The molecule has 4 aromatic rings. The van der Waals surface area contributed by atoms with Gasteiger partial charge in [0.1, 0.15) is 9.79 Å². The molecule has 17 heteroatoms. The average molecular weight is 509 g/mol. The summed E-state index contributed by atoms with van der Waals surface area (Å²) in [5.41, 5.74) is 12.4. The Bertz CT molecular complexity index is 1570. The van der Waals surface area contributed by atoms with Crippen molar-refractivity contribution in [2.24, 2.45) is 10.9 Å². The van der Waals surface area contributed by atoms with Crippen LogP contribution in [0.3, 0.4) is 0 Å². The summed E-state index contributed by atoms with van der Waals surface area (Å²) in [4.78, 5) is 5.68. The topological polar surface area (TPSA) is 262 Å². The van der Waals surface area contributed by atoms with Crippen LogP contribution in [-0.4, -0.2) is 71.7 Å². The summed E-state index contributed by atoms with van der Waals surface area (Å²) in [6.45, 7) is -0.664. The number of aromatic nitrogens is 6. The Morgan fingerprint density at radius 1 is 1.12 bits per heavy atom. The third-order valence-electron chi connectivity index (χ3n) is 4.87. The van der Waals surface area contributed by atoms with Gasteiger partial charge < -0.3 is 21.6 Å². The van der Waals surface area contributed by atoms with Crippen LogP contribution in [0.25, 0.3) is 33.5 Å². The fourth-order valence-corrected chi connectivity index (χ4v) is 6.08. The van der Waals surface area contributed by atoms with Crippen LogP contribution in [0.1, 0.15) is 0 Å². The second kappa shape index (κ2) is 8.70. The number of para-hydroxylation sites is 1. The van der Waals surface area contributed by atoms with E-state index < -0.39 is 42.5 Å². The predicted octanol–water partition coefficient (Wildman–Crippen LogP) is -1.76. The molecule has 0 aliphatic rings. The van der Waals surface area contributed by atoms with Gasteiger partial charge in [0.2, 0.25) is 25.9 Å². The second-order valence-corrected chi connectivity index (χ2v) is 10.4. The third kappa shape index (κ3) is 4.34. The minimum Gasteiger partial charge on any atom is -0.390 e. The highest BCUT2D eigenvalue weighted by Crippen LogP contribution is 2.40. The fourth-order valence-electron chi connectivity index (χ4n) is 3.41. The quantitative estimate of drug-likeness (QED) is 0.140. The molecule has 1 atom stereocenters. The van der Waals surface area contributed by atoms with Crippen molar-refractivity contribution >= 4 is 37.0 Å². The number of aromatic amines is 2. The first-order valence-corrected chi connectivity index (χ1v) is 12.6. The Morgan fingerprint density at radius 2 is 1.88 bits per heavy atom. The van der Waals surface area contributed by atoms with Crippen LogP contribution in [0.5, 0.6) is 0 Å². The highest BCUT2D eigenvalue weighted by Gasteiger charge is 2.32. The van der Waals surface area contributed by atoms with Crippen molar-refractivity contribution in [1.29, 1.82) is 0 Å². The van der Waals surface area contributed by atoms with Gasteiger partial charge >= 0.3 is 0 Å². The van der Waals surface area contributed by atoms with E-state index in [-0.39, 0.29) is 29.4 Å². The van der Waals surface area contributed by atoms with Crippen LogP contribution < -0.4 is 21.3 Å². The molecule has 2 heterocycles. The molecule has 0 fully saturated rings. The summed E-state index contributed by atoms with van der Waals surface area (Å²) in [5, 5.41) is 28.5. The van der Waals surface area contributed by atoms with E-state index in [0.29, 0.717) is 16.6 Å². The normalized spacial score (nSPS) is 13.4. The number of nitrogens with one attached hydrogen (secondary N) is 3. The number of aliphatic hydroxyl groups is 1. The van der Waals surface area contributed by atoms with Crippen LogP contribution >= 0.6 is 0 Å². The van der Waals surface area contributed by atoms with Gasteiger partial charge in [-0.3, -0.25) is 0 Å². The maximum atomic E-state index is 13.0. The summed E-state index contributed by atoms with van der Waals surface area (Å²) in [6.07, 6.45) is -1.19. The van der Waals surface area contributed by atoms with E-state index >= 15 is 0 Å². The van der Waals surface area contributed by atoms with Crippen molar-refractivity contribution in [1.82, 2.24) is 35.3 Å². The maximum Gasteiger partial charge on any atom is 0.242 e. The second-order valence-electron chi connectivity index (χ2n) is 7.16. The number of tetrazole rings is 1. The lowest BCUT2D eigenvalue weighted by atomic mass is 9.98. The number of hydrogen-bond acceptors (Lipinski definition) is 11. The molecule has 0 radical (unpaired) electrons. The van der Waals surface area contributed by atoms with E-state index in [4.69, 9.17) is 16.6 Å². The Kier molecular flexibility index (Phi) is 6.06.